The van der Waals surface area contributed by atoms with E-state index >= 15 is 0 Å². The third kappa shape index (κ3) is 2.12. The van der Waals surface area contributed by atoms with Crippen LogP contribution in [0.3, 0.4) is 0 Å². The van der Waals surface area contributed by atoms with E-state index in [4.69, 9.17) is 4.42 Å². The van der Waals surface area contributed by atoms with Gasteiger partial charge in [-0.15, -0.1) is 0 Å². The summed E-state index contributed by atoms with van der Waals surface area (Å²) in [5.41, 5.74) is 3.32. The van der Waals surface area contributed by atoms with Crippen LogP contribution in [0.2, 0.25) is 0 Å². The highest BCUT2D eigenvalue weighted by atomic mass is 16.3. The Balaban J connectivity index is 1.83. The van der Waals surface area contributed by atoms with Gasteiger partial charge in [0.2, 0.25) is 0 Å². The molecule has 0 saturated carbocycles. The van der Waals surface area contributed by atoms with Crippen LogP contribution in [-0.2, 0) is 26.7 Å². The van der Waals surface area contributed by atoms with E-state index in [1.807, 2.05) is 25.8 Å². The normalized spacial score (nSPS) is 14.1. The molecule has 0 bridgehead atoms. The molecule has 0 saturated heterocycles. The van der Waals surface area contributed by atoms with Crippen molar-refractivity contribution in [2.24, 2.45) is 7.05 Å². The lowest BCUT2D eigenvalue weighted by Gasteiger charge is -2.15. The van der Waals surface area contributed by atoms with E-state index in [0.717, 1.165) is 17.9 Å². The fraction of sp³-hybridized carbons (Fsp3) is 0.429. The summed E-state index contributed by atoms with van der Waals surface area (Å²) in [6.45, 7) is 1.98. The van der Waals surface area contributed by atoms with Crippen molar-refractivity contribution >= 4 is 5.91 Å². The molecule has 0 aliphatic carbocycles. The first-order valence-electron chi connectivity index (χ1n) is 6.57. The van der Waals surface area contributed by atoms with Crippen molar-refractivity contribution in [3.05, 3.63) is 41.1 Å². The highest BCUT2D eigenvalue weighted by molar-refractivity contribution is 5.91. The topological polar surface area (TPSA) is 54.5 Å². The number of hydrogen-bond acceptors (Lipinski definition) is 4. The molecule has 6 heteroatoms. The first-order chi connectivity index (χ1) is 9.56. The molecule has 0 spiro atoms. The first-order valence-corrected chi connectivity index (χ1v) is 6.57. The zero-order chi connectivity index (χ0) is 14.3. The molecule has 0 unspecified atom stereocenters. The molecule has 3 rings (SSSR count). The zero-order valence-corrected chi connectivity index (χ0v) is 12.0. The molecular weight excluding hydrogens is 256 g/mol. The fourth-order valence-electron chi connectivity index (χ4n) is 2.60. The predicted molar refractivity (Wildman–Crippen MR) is 72.9 cm³/mol. The van der Waals surface area contributed by atoms with E-state index in [-0.39, 0.29) is 5.91 Å². The molecule has 2 aromatic heterocycles. The maximum Gasteiger partial charge on any atom is 0.290 e. The summed E-state index contributed by atoms with van der Waals surface area (Å²) in [6.07, 6.45) is 1.52. The summed E-state index contributed by atoms with van der Waals surface area (Å²) >= 11 is 0. The van der Waals surface area contributed by atoms with Gasteiger partial charge in [0, 0.05) is 19.2 Å². The molecule has 6 nitrogen and oxygen atoms in total. The number of aryl methyl sites for hydroxylation is 1. The quantitative estimate of drug-likeness (QED) is 0.845. The van der Waals surface area contributed by atoms with Crippen LogP contribution < -0.4 is 0 Å². The number of aromatic nitrogens is 2. The smallest absolute Gasteiger partial charge is 0.290 e. The van der Waals surface area contributed by atoms with Crippen LogP contribution in [0.5, 0.6) is 0 Å². The highest BCUT2D eigenvalue weighted by Gasteiger charge is 2.31. The van der Waals surface area contributed by atoms with Crippen LogP contribution in [0.1, 0.15) is 27.5 Å². The van der Waals surface area contributed by atoms with Crippen molar-refractivity contribution in [1.82, 2.24) is 19.6 Å². The lowest BCUT2D eigenvalue weighted by molar-refractivity contribution is 0.0715. The number of furan rings is 1. The second kappa shape index (κ2) is 4.79. The Morgan fingerprint density at radius 2 is 2.25 bits per heavy atom. The van der Waals surface area contributed by atoms with Crippen molar-refractivity contribution in [2.75, 3.05) is 14.1 Å². The van der Waals surface area contributed by atoms with Gasteiger partial charge in [0.05, 0.1) is 30.7 Å². The van der Waals surface area contributed by atoms with E-state index in [1.165, 1.54) is 11.8 Å². The number of carbonyl (C=O) groups is 1. The van der Waals surface area contributed by atoms with Gasteiger partial charge in [-0.25, -0.2) is 0 Å². The number of hydrogen-bond donors (Lipinski definition) is 0. The van der Waals surface area contributed by atoms with Gasteiger partial charge in [0.15, 0.2) is 5.76 Å². The van der Waals surface area contributed by atoms with Gasteiger partial charge in [-0.1, -0.05) is 0 Å². The Kier molecular flexibility index (Phi) is 3.10. The Bertz CT molecular complexity index is 628. The number of rotatable bonds is 3. The number of carbonyl (C=O) groups excluding carboxylic acids is 1. The Morgan fingerprint density at radius 3 is 2.90 bits per heavy atom. The van der Waals surface area contributed by atoms with Crippen molar-refractivity contribution < 1.29 is 9.21 Å². The minimum atomic E-state index is -0.0676. The van der Waals surface area contributed by atoms with Gasteiger partial charge in [-0.2, -0.15) is 5.10 Å². The van der Waals surface area contributed by atoms with Gasteiger partial charge in [-0.05, 0) is 26.2 Å². The molecule has 1 aliphatic rings. The summed E-state index contributed by atoms with van der Waals surface area (Å²) < 4.78 is 7.06. The summed E-state index contributed by atoms with van der Waals surface area (Å²) in [6, 6.07) is 3.43. The monoisotopic (exact) mass is 274 g/mol. The lowest BCUT2D eigenvalue weighted by Crippen LogP contribution is -2.26. The predicted octanol–water partition coefficient (Wildman–Crippen LogP) is 1.23. The van der Waals surface area contributed by atoms with Crippen LogP contribution in [0, 0.1) is 0 Å². The second-order valence-electron chi connectivity index (χ2n) is 5.37. The first kappa shape index (κ1) is 12.9. The molecule has 0 atom stereocenters. The van der Waals surface area contributed by atoms with E-state index in [0.29, 0.717) is 18.8 Å². The van der Waals surface area contributed by atoms with Gasteiger partial charge in [0.1, 0.15) is 0 Å². The van der Waals surface area contributed by atoms with Crippen molar-refractivity contribution in [3.8, 4) is 0 Å². The third-order valence-electron chi connectivity index (χ3n) is 3.53. The van der Waals surface area contributed by atoms with Crippen LogP contribution in [0.4, 0.5) is 0 Å². The molecule has 1 amide bonds. The van der Waals surface area contributed by atoms with Crippen LogP contribution in [0.15, 0.2) is 22.8 Å². The van der Waals surface area contributed by atoms with E-state index in [2.05, 4.69) is 10.00 Å². The average Bonchev–Trinajstić information content (AvgIpc) is 3.09. The number of fused-ring (bicyclic) bond motifs is 1. The molecule has 0 aromatic carbocycles. The largest absolute Gasteiger partial charge is 0.459 e. The minimum absolute atomic E-state index is 0.0676. The number of nitrogens with zero attached hydrogens (tertiary/aromatic N) is 4. The van der Waals surface area contributed by atoms with Crippen LogP contribution in [0.25, 0.3) is 0 Å². The maximum absolute atomic E-state index is 12.3. The average molecular weight is 274 g/mol. The highest BCUT2D eigenvalue weighted by Crippen LogP contribution is 2.27. The summed E-state index contributed by atoms with van der Waals surface area (Å²) in [5.74, 6) is 0.321. The Labute approximate surface area is 117 Å². The molecule has 0 N–H and O–H groups in total. The minimum Gasteiger partial charge on any atom is -0.459 e. The van der Waals surface area contributed by atoms with Crippen molar-refractivity contribution in [3.63, 3.8) is 0 Å². The molecule has 106 valence electrons. The van der Waals surface area contributed by atoms with Crippen molar-refractivity contribution in [2.45, 2.75) is 19.6 Å². The molecule has 1 aliphatic heterocycles. The maximum atomic E-state index is 12.3. The molecule has 3 heterocycles. The van der Waals surface area contributed by atoms with Crippen LogP contribution >= 0.6 is 0 Å². The summed E-state index contributed by atoms with van der Waals surface area (Å²) in [7, 11) is 5.96. The van der Waals surface area contributed by atoms with Gasteiger partial charge in [0.25, 0.3) is 5.91 Å². The van der Waals surface area contributed by atoms with Crippen LogP contribution in [-0.4, -0.2) is 39.6 Å². The standard InChI is InChI=1S/C14H18N4O2/c1-16(2)8-11-10-7-18(9-12(10)17(3)15-11)14(19)13-5-4-6-20-13/h4-6H,7-9H2,1-3H3. The number of amides is 1. The third-order valence-corrected chi connectivity index (χ3v) is 3.53. The van der Waals surface area contributed by atoms with Gasteiger partial charge in [-0.3, -0.25) is 9.48 Å². The zero-order valence-electron chi connectivity index (χ0n) is 12.0. The molecule has 2 aromatic rings. The summed E-state index contributed by atoms with van der Waals surface area (Å²) in [5, 5.41) is 4.54. The Morgan fingerprint density at radius 1 is 1.45 bits per heavy atom. The van der Waals surface area contributed by atoms with E-state index < -0.39 is 0 Å². The molecule has 0 radical (unpaired) electrons. The lowest BCUT2D eigenvalue weighted by atomic mass is 10.2. The summed E-state index contributed by atoms with van der Waals surface area (Å²) in [4.78, 5) is 16.2. The van der Waals surface area contributed by atoms with Crippen molar-refractivity contribution in [1.29, 1.82) is 0 Å². The van der Waals surface area contributed by atoms with Gasteiger partial charge < -0.3 is 14.2 Å². The molecule has 0 fully saturated rings. The Hall–Kier alpha value is -2.08. The molecule has 20 heavy (non-hydrogen) atoms. The van der Waals surface area contributed by atoms with Gasteiger partial charge >= 0.3 is 0 Å². The van der Waals surface area contributed by atoms with E-state index in [1.54, 1.807) is 17.0 Å². The fourth-order valence-corrected chi connectivity index (χ4v) is 2.60. The molecular formula is C14H18N4O2. The SMILES string of the molecule is CN(C)Cc1nn(C)c2c1CN(C(=O)c1ccco1)C2. The van der Waals surface area contributed by atoms with E-state index in [9.17, 15) is 4.79 Å². The second-order valence-corrected chi connectivity index (χ2v) is 5.37.